The molecule has 3 aromatic rings. The van der Waals surface area contributed by atoms with E-state index in [9.17, 15) is 15.3 Å². The van der Waals surface area contributed by atoms with Gasteiger partial charge in [-0.25, -0.2) is 9.98 Å². The summed E-state index contributed by atoms with van der Waals surface area (Å²) in [6, 6.07) is 11.3. The van der Waals surface area contributed by atoms with E-state index in [0.717, 1.165) is 33.4 Å². The van der Waals surface area contributed by atoms with Gasteiger partial charge in [-0.05, 0) is 87.6 Å². The number of hydrogen-bond acceptors (Lipinski definition) is 6. The van der Waals surface area contributed by atoms with Crippen LogP contribution in [0.4, 0.5) is 0 Å². The lowest BCUT2D eigenvalue weighted by atomic mass is 10.0. The van der Waals surface area contributed by atoms with E-state index in [1.807, 2.05) is 77.9 Å². The Balaban J connectivity index is 1.96. The van der Waals surface area contributed by atoms with Crippen molar-refractivity contribution in [2.45, 2.75) is 47.7 Å². The number of hydrogen-bond donors (Lipinski definition) is 4. The molecule has 0 spiro atoms. The fraction of sp³-hybridized carbons (Fsp3) is 0.259. The minimum atomic E-state index is -0.661. The lowest BCUT2D eigenvalue weighted by Gasteiger charge is -2.26. The molecule has 4 rings (SSSR count). The van der Waals surface area contributed by atoms with E-state index in [4.69, 9.17) is 9.98 Å². The van der Waals surface area contributed by atoms with Gasteiger partial charge in [-0.2, -0.15) is 0 Å². The van der Waals surface area contributed by atoms with Gasteiger partial charge in [0.25, 0.3) is 0 Å². The summed E-state index contributed by atoms with van der Waals surface area (Å²) in [5.74, 6) is 1.14. The molecular weight excluding hydrogens is 414 g/mol. The third kappa shape index (κ3) is 4.16. The first-order valence-electron chi connectivity index (χ1n) is 10.9. The van der Waals surface area contributed by atoms with E-state index < -0.39 is 6.17 Å². The van der Waals surface area contributed by atoms with Crippen LogP contribution in [-0.4, -0.2) is 27.0 Å². The fourth-order valence-electron chi connectivity index (χ4n) is 4.34. The Bertz CT molecular complexity index is 1340. The number of benzene rings is 3. The largest absolute Gasteiger partial charge is 0.507 e. The number of rotatable bonds is 3. The summed E-state index contributed by atoms with van der Waals surface area (Å²) in [5, 5.41) is 35.7. The van der Waals surface area contributed by atoms with Gasteiger partial charge in [0.05, 0.1) is 11.1 Å². The predicted molar refractivity (Wildman–Crippen MR) is 132 cm³/mol. The van der Waals surface area contributed by atoms with E-state index in [1.54, 1.807) is 0 Å². The van der Waals surface area contributed by atoms with Gasteiger partial charge in [0.15, 0.2) is 12.0 Å². The second-order valence-corrected chi connectivity index (χ2v) is 8.94. The highest BCUT2D eigenvalue weighted by atomic mass is 16.3. The first kappa shape index (κ1) is 22.4. The van der Waals surface area contributed by atoms with Gasteiger partial charge < -0.3 is 20.6 Å². The monoisotopic (exact) mass is 443 g/mol. The summed E-state index contributed by atoms with van der Waals surface area (Å²) in [7, 11) is 0. The summed E-state index contributed by atoms with van der Waals surface area (Å²) >= 11 is 0. The molecule has 33 heavy (non-hydrogen) atoms. The number of aromatic hydroxyl groups is 3. The second-order valence-electron chi connectivity index (χ2n) is 8.94. The molecule has 0 amide bonds. The van der Waals surface area contributed by atoms with Gasteiger partial charge in [-0.3, -0.25) is 0 Å². The average Bonchev–Trinajstić information content (AvgIpc) is 2.75. The van der Waals surface area contributed by atoms with Gasteiger partial charge >= 0.3 is 0 Å². The molecule has 0 bridgehead atoms. The van der Waals surface area contributed by atoms with Gasteiger partial charge in [0.2, 0.25) is 0 Å². The molecule has 6 heteroatoms. The first-order chi connectivity index (χ1) is 15.5. The maximum absolute atomic E-state index is 10.8. The zero-order valence-corrected chi connectivity index (χ0v) is 19.8. The standard InChI is InChI=1S/C27H29N3O3/c1-13-7-16(4)22(31)19(10-13)25-28-26(20-11-14(2)8-17(5)23(20)32)30-27(29-25)21-12-15(3)9-18(6)24(21)33/h7-12,25,31-33H,1-6H3,(H,28,29,30). The van der Waals surface area contributed by atoms with Crippen molar-refractivity contribution >= 4 is 11.7 Å². The predicted octanol–water partition coefficient (Wildman–Crippen LogP) is 5.15. The SMILES string of the molecule is Cc1cc(C)c(O)c(C2=NC(c3cc(C)cc(C)c3O)NC(c3cc(C)cc(C)c3O)=N2)c1. The van der Waals surface area contributed by atoms with E-state index in [2.05, 4.69) is 5.32 Å². The maximum Gasteiger partial charge on any atom is 0.163 e. The smallest absolute Gasteiger partial charge is 0.163 e. The van der Waals surface area contributed by atoms with Crippen LogP contribution in [0.5, 0.6) is 17.2 Å². The van der Waals surface area contributed by atoms with E-state index in [-0.39, 0.29) is 17.2 Å². The van der Waals surface area contributed by atoms with E-state index in [0.29, 0.717) is 28.4 Å². The first-order valence-corrected chi connectivity index (χ1v) is 10.9. The van der Waals surface area contributed by atoms with Crippen molar-refractivity contribution in [1.82, 2.24) is 5.32 Å². The van der Waals surface area contributed by atoms with Gasteiger partial charge in [-0.1, -0.05) is 23.8 Å². The van der Waals surface area contributed by atoms with Crippen molar-refractivity contribution < 1.29 is 15.3 Å². The van der Waals surface area contributed by atoms with Crippen molar-refractivity contribution in [3.63, 3.8) is 0 Å². The number of aliphatic imine (C=N–C) groups is 2. The number of nitrogens with one attached hydrogen (secondary N) is 1. The molecule has 1 atom stereocenters. The Morgan fingerprint density at radius 1 is 0.636 bits per heavy atom. The van der Waals surface area contributed by atoms with Gasteiger partial charge in [-0.15, -0.1) is 0 Å². The van der Waals surface area contributed by atoms with Crippen LogP contribution in [0, 0.1) is 41.5 Å². The molecule has 1 heterocycles. The minimum Gasteiger partial charge on any atom is -0.507 e. The molecule has 1 unspecified atom stereocenters. The Morgan fingerprint density at radius 3 is 1.73 bits per heavy atom. The molecule has 0 saturated heterocycles. The fourth-order valence-corrected chi connectivity index (χ4v) is 4.34. The number of phenols is 3. The summed E-state index contributed by atoms with van der Waals surface area (Å²) in [4.78, 5) is 9.49. The quantitative estimate of drug-likeness (QED) is 0.450. The van der Waals surface area contributed by atoms with E-state index in [1.165, 1.54) is 0 Å². The summed E-state index contributed by atoms with van der Waals surface area (Å²) in [6.07, 6.45) is -0.661. The van der Waals surface area contributed by atoms with Crippen LogP contribution in [0.25, 0.3) is 0 Å². The molecule has 1 aliphatic rings. The molecule has 0 aliphatic carbocycles. The minimum absolute atomic E-state index is 0.109. The summed E-state index contributed by atoms with van der Waals surface area (Å²) in [6.45, 7) is 11.4. The third-order valence-electron chi connectivity index (χ3n) is 5.90. The Labute approximate surface area is 194 Å². The van der Waals surface area contributed by atoms with Crippen molar-refractivity contribution in [2.24, 2.45) is 9.98 Å². The van der Waals surface area contributed by atoms with Crippen LogP contribution in [0.1, 0.15) is 56.2 Å². The van der Waals surface area contributed by atoms with Crippen LogP contribution in [0.2, 0.25) is 0 Å². The van der Waals surface area contributed by atoms with Crippen LogP contribution < -0.4 is 5.32 Å². The summed E-state index contributed by atoms with van der Waals surface area (Å²) < 4.78 is 0. The zero-order chi connectivity index (χ0) is 24.0. The van der Waals surface area contributed by atoms with Crippen molar-refractivity contribution in [2.75, 3.05) is 0 Å². The molecule has 0 aromatic heterocycles. The Hall–Kier alpha value is -3.80. The zero-order valence-electron chi connectivity index (χ0n) is 19.8. The highest BCUT2D eigenvalue weighted by Crippen LogP contribution is 2.35. The van der Waals surface area contributed by atoms with Crippen molar-refractivity contribution in [3.05, 3.63) is 86.5 Å². The molecule has 0 saturated carbocycles. The van der Waals surface area contributed by atoms with E-state index >= 15 is 0 Å². The average molecular weight is 444 g/mol. The van der Waals surface area contributed by atoms with Gasteiger partial charge in [0, 0.05) is 5.56 Å². The molecule has 0 radical (unpaired) electrons. The highest BCUT2D eigenvalue weighted by Gasteiger charge is 2.27. The number of phenolic OH excluding ortho intramolecular Hbond substituents is 3. The van der Waals surface area contributed by atoms with Crippen LogP contribution in [0.15, 0.2) is 46.4 Å². The molecule has 3 aromatic carbocycles. The molecule has 170 valence electrons. The lowest BCUT2D eigenvalue weighted by Crippen LogP contribution is -2.34. The topological polar surface area (TPSA) is 97.4 Å². The van der Waals surface area contributed by atoms with Crippen LogP contribution in [0.3, 0.4) is 0 Å². The van der Waals surface area contributed by atoms with Gasteiger partial charge in [0.1, 0.15) is 23.1 Å². The van der Waals surface area contributed by atoms with Crippen LogP contribution in [-0.2, 0) is 0 Å². The Kier molecular flexibility index (Phi) is 5.62. The summed E-state index contributed by atoms with van der Waals surface area (Å²) in [5.41, 5.74) is 6.79. The Morgan fingerprint density at radius 2 is 1.12 bits per heavy atom. The molecule has 1 aliphatic heterocycles. The molecule has 4 N–H and O–H groups in total. The van der Waals surface area contributed by atoms with Crippen molar-refractivity contribution in [3.8, 4) is 17.2 Å². The van der Waals surface area contributed by atoms with Crippen molar-refractivity contribution in [1.29, 1.82) is 0 Å². The highest BCUT2D eigenvalue weighted by molar-refractivity contribution is 6.15. The number of aryl methyl sites for hydroxylation is 6. The number of nitrogens with zero attached hydrogens (tertiary/aromatic N) is 2. The maximum atomic E-state index is 10.8. The number of amidine groups is 2. The van der Waals surface area contributed by atoms with Crippen LogP contribution >= 0.6 is 0 Å². The molecular formula is C27H29N3O3. The molecule has 0 fully saturated rings. The normalized spacial score (nSPS) is 15.6. The third-order valence-corrected chi connectivity index (χ3v) is 5.90. The molecule has 6 nitrogen and oxygen atoms in total. The lowest BCUT2D eigenvalue weighted by molar-refractivity contribution is 0.454. The second kappa shape index (κ2) is 8.28.